The molecule has 0 amide bonds. The van der Waals surface area contributed by atoms with Gasteiger partial charge >= 0.3 is 0 Å². The highest BCUT2D eigenvalue weighted by Crippen LogP contribution is 2.40. The molecule has 1 aliphatic carbocycles. The predicted octanol–water partition coefficient (Wildman–Crippen LogP) is 4.61. The van der Waals surface area contributed by atoms with Gasteiger partial charge in [-0.3, -0.25) is 0 Å². The van der Waals surface area contributed by atoms with Gasteiger partial charge in [-0.25, -0.2) is 0 Å². The van der Waals surface area contributed by atoms with E-state index in [1.54, 1.807) is 0 Å². The van der Waals surface area contributed by atoms with Gasteiger partial charge in [-0.15, -0.1) is 0 Å². The second-order valence-electron chi connectivity index (χ2n) is 6.51. The molecule has 2 unspecified atom stereocenters. The molecule has 0 aromatic heterocycles. The molecule has 2 fully saturated rings. The number of piperidine rings is 1. The van der Waals surface area contributed by atoms with Crippen LogP contribution in [0.5, 0.6) is 0 Å². The summed E-state index contributed by atoms with van der Waals surface area (Å²) in [7, 11) is 0. The van der Waals surface area contributed by atoms with Crippen molar-refractivity contribution in [3.05, 3.63) is 28.8 Å². The van der Waals surface area contributed by atoms with Crippen LogP contribution in [0.25, 0.3) is 0 Å². The lowest BCUT2D eigenvalue weighted by Gasteiger charge is -2.45. The van der Waals surface area contributed by atoms with Crippen molar-refractivity contribution in [3.63, 3.8) is 0 Å². The Morgan fingerprint density at radius 1 is 1.19 bits per heavy atom. The van der Waals surface area contributed by atoms with Crippen molar-refractivity contribution >= 4 is 17.3 Å². The minimum Gasteiger partial charge on any atom is -0.367 e. The molecule has 0 spiro atoms. The van der Waals surface area contributed by atoms with E-state index in [0.717, 1.165) is 30.1 Å². The molecule has 1 aliphatic heterocycles. The molecule has 1 aromatic rings. The first-order valence-corrected chi connectivity index (χ1v) is 8.93. The van der Waals surface area contributed by atoms with Crippen LogP contribution in [0.15, 0.2) is 18.2 Å². The van der Waals surface area contributed by atoms with Gasteiger partial charge < -0.3 is 10.2 Å². The zero-order valence-electron chi connectivity index (χ0n) is 13.1. The van der Waals surface area contributed by atoms with E-state index in [2.05, 4.69) is 35.3 Å². The minimum absolute atomic E-state index is 0.726. The number of nitrogens with zero attached hydrogens (tertiary/aromatic N) is 1. The van der Waals surface area contributed by atoms with E-state index in [-0.39, 0.29) is 0 Å². The third kappa shape index (κ3) is 3.37. The van der Waals surface area contributed by atoms with Crippen LogP contribution in [-0.2, 0) is 6.54 Å². The molecule has 116 valence electrons. The quantitative estimate of drug-likeness (QED) is 0.874. The topological polar surface area (TPSA) is 15.3 Å². The third-order valence-corrected chi connectivity index (χ3v) is 5.45. The first-order chi connectivity index (χ1) is 10.3. The highest BCUT2D eigenvalue weighted by atomic mass is 35.5. The van der Waals surface area contributed by atoms with E-state index in [1.165, 1.54) is 56.3 Å². The monoisotopic (exact) mass is 306 g/mol. The summed E-state index contributed by atoms with van der Waals surface area (Å²) >= 11 is 6.60. The number of anilines is 1. The number of halogens is 1. The average molecular weight is 307 g/mol. The van der Waals surface area contributed by atoms with Gasteiger partial charge in [-0.2, -0.15) is 0 Å². The van der Waals surface area contributed by atoms with Crippen molar-refractivity contribution in [1.29, 1.82) is 0 Å². The van der Waals surface area contributed by atoms with Gasteiger partial charge in [-0.1, -0.05) is 37.4 Å². The molecule has 3 heteroatoms. The summed E-state index contributed by atoms with van der Waals surface area (Å²) in [6, 6.07) is 7.35. The van der Waals surface area contributed by atoms with Crippen molar-refractivity contribution in [2.24, 2.45) is 5.92 Å². The predicted molar refractivity (Wildman–Crippen MR) is 91.2 cm³/mol. The van der Waals surface area contributed by atoms with Gasteiger partial charge in [0.1, 0.15) is 0 Å². The highest BCUT2D eigenvalue weighted by Gasteiger charge is 2.33. The Hall–Kier alpha value is -0.730. The van der Waals surface area contributed by atoms with Crippen molar-refractivity contribution in [2.45, 2.75) is 58.0 Å². The summed E-state index contributed by atoms with van der Waals surface area (Å²) in [6.45, 7) is 5.21. The smallest absolute Gasteiger partial charge is 0.0642 e. The number of rotatable bonds is 4. The van der Waals surface area contributed by atoms with Gasteiger partial charge in [0.05, 0.1) is 10.7 Å². The number of fused-ring (bicyclic) bond motifs is 1. The third-order valence-electron chi connectivity index (χ3n) is 5.14. The van der Waals surface area contributed by atoms with Crippen LogP contribution in [0.1, 0.15) is 51.0 Å². The average Bonchev–Trinajstić information content (AvgIpc) is 2.53. The fraction of sp³-hybridized carbons (Fsp3) is 0.667. The van der Waals surface area contributed by atoms with Crippen LogP contribution in [0, 0.1) is 5.92 Å². The SMILES string of the molecule is CCNCc1ccc(N2CCCC3CCCCC32)c(Cl)c1. The molecule has 2 nitrogen and oxygen atoms in total. The summed E-state index contributed by atoms with van der Waals surface area (Å²) in [5.74, 6) is 0.894. The number of nitrogens with one attached hydrogen (secondary N) is 1. The Morgan fingerprint density at radius 3 is 2.81 bits per heavy atom. The van der Waals surface area contributed by atoms with Gasteiger partial charge in [-0.05, 0) is 55.8 Å². The van der Waals surface area contributed by atoms with Gasteiger partial charge in [0.15, 0.2) is 0 Å². The van der Waals surface area contributed by atoms with E-state index in [9.17, 15) is 0 Å². The van der Waals surface area contributed by atoms with E-state index in [1.807, 2.05) is 0 Å². The maximum Gasteiger partial charge on any atom is 0.0642 e. The molecule has 1 saturated heterocycles. The molecule has 1 heterocycles. The largest absolute Gasteiger partial charge is 0.367 e. The van der Waals surface area contributed by atoms with Gasteiger partial charge in [0.2, 0.25) is 0 Å². The molecule has 0 radical (unpaired) electrons. The van der Waals surface area contributed by atoms with Crippen LogP contribution in [0.4, 0.5) is 5.69 Å². The molecule has 1 saturated carbocycles. The van der Waals surface area contributed by atoms with Gasteiger partial charge in [0.25, 0.3) is 0 Å². The number of benzene rings is 1. The molecule has 0 bridgehead atoms. The molecule has 21 heavy (non-hydrogen) atoms. The molecular weight excluding hydrogens is 280 g/mol. The minimum atomic E-state index is 0.726. The van der Waals surface area contributed by atoms with Crippen LogP contribution >= 0.6 is 11.6 Å². The fourth-order valence-corrected chi connectivity index (χ4v) is 4.40. The van der Waals surface area contributed by atoms with Crippen LogP contribution in [0.2, 0.25) is 5.02 Å². The first kappa shape index (κ1) is 15.2. The Bertz CT molecular complexity index is 472. The first-order valence-electron chi connectivity index (χ1n) is 8.55. The lowest BCUT2D eigenvalue weighted by Crippen LogP contribution is -2.47. The Balaban J connectivity index is 1.78. The number of hydrogen-bond donors (Lipinski definition) is 1. The van der Waals surface area contributed by atoms with Crippen molar-refractivity contribution in [3.8, 4) is 0 Å². The van der Waals surface area contributed by atoms with Crippen LogP contribution < -0.4 is 10.2 Å². The summed E-state index contributed by atoms with van der Waals surface area (Å²) < 4.78 is 0. The van der Waals surface area contributed by atoms with Crippen LogP contribution in [0.3, 0.4) is 0 Å². The normalized spacial score (nSPS) is 25.7. The summed E-state index contributed by atoms with van der Waals surface area (Å²) in [5.41, 5.74) is 2.54. The standard InChI is InChI=1S/C18H27ClN2/c1-2-20-13-14-9-10-18(16(19)12-14)21-11-5-7-15-6-3-4-8-17(15)21/h9-10,12,15,17,20H,2-8,11,13H2,1H3. The molecular formula is C18H27ClN2. The molecule has 2 atom stereocenters. The van der Waals surface area contributed by atoms with E-state index < -0.39 is 0 Å². The zero-order valence-corrected chi connectivity index (χ0v) is 13.8. The summed E-state index contributed by atoms with van der Waals surface area (Å²) in [4.78, 5) is 2.60. The molecule has 2 aliphatic rings. The molecule has 1 N–H and O–H groups in total. The lowest BCUT2D eigenvalue weighted by molar-refractivity contribution is 0.244. The fourth-order valence-electron chi connectivity index (χ4n) is 4.09. The second kappa shape index (κ2) is 7.02. The second-order valence-corrected chi connectivity index (χ2v) is 6.92. The highest BCUT2D eigenvalue weighted by molar-refractivity contribution is 6.33. The van der Waals surface area contributed by atoms with Crippen molar-refractivity contribution in [2.75, 3.05) is 18.0 Å². The summed E-state index contributed by atoms with van der Waals surface area (Å²) in [6.07, 6.45) is 8.30. The molecule has 3 rings (SSSR count). The van der Waals surface area contributed by atoms with Crippen molar-refractivity contribution in [1.82, 2.24) is 5.32 Å². The molecule has 1 aromatic carbocycles. The Labute approximate surface area is 133 Å². The van der Waals surface area contributed by atoms with Gasteiger partial charge in [0, 0.05) is 19.1 Å². The summed E-state index contributed by atoms with van der Waals surface area (Å²) in [5, 5.41) is 4.29. The Kier molecular flexibility index (Phi) is 5.07. The Morgan fingerprint density at radius 2 is 2.00 bits per heavy atom. The maximum atomic E-state index is 6.60. The number of hydrogen-bond acceptors (Lipinski definition) is 2. The lowest BCUT2D eigenvalue weighted by atomic mass is 9.78. The van der Waals surface area contributed by atoms with E-state index in [0.29, 0.717) is 0 Å². The van der Waals surface area contributed by atoms with Crippen LogP contribution in [-0.4, -0.2) is 19.1 Å². The van der Waals surface area contributed by atoms with Crippen molar-refractivity contribution < 1.29 is 0 Å². The maximum absolute atomic E-state index is 6.60. The van der Waals surface area contributed by atoms with E-state index >= 15 is 0 Å². The van der Waals surface area contributed by atoms with E-state index in [4.69, 9.17) is 11.6 Å². The zero-order chi connectivity index (χ0) is 14.7.